The maximum absolute atomic E-state index is 13.1. The van der Waals surface area contributed by atoms with Gasteiger partial charge in [-0.25, -0.2) is 12.7 Å². The van der Waals surface area contributed by atoms with E-state index in [0.29, 0.717) is 31.7 Å². The van der Waals surface area contributed by atoms with Gasteiger partial charge in [-0.3, -0.25) is 9.59 Å². The number of sulfonamides is 1. The summed E-state index contributed by atoms with van der Waals surface area (Å²) in [5.74, 6) is -0.967. The second-order valence-electron chi connectivity index (χ2n) is 6.65. The number of fused-ring (bicyclic) bond motifs is 1. The first-order valence-corrected chi connectivity index (χ1v) is 11.3. The van der Waals surface area contributed by atoms with Crippen LogP contribution in [0.15, 0.2) is 29.2 Å². The SMILES string of the molecule is CS(=O)(=O)N1CCC(N(CC(=O)O)C(=O)C2CSc3ccccc32)CC1. The van der Waals surface area contributed by atoms with Gasteiger partial charge in [0.05, 0.1) is 12.2 Å². The van der Waals surface area contributed by atoms with Gasteiger partial charge >= 0.3 is 5.97 Å². The summed E-state index contributed by atoms with van der Waals surface area (Å²) in [7, 11) is -3.26. The molecule has 0 aromatic heterocycles. The number of rotatable bonds is 5. The number of benzene rings is 1. The molecule has 1 aromatic rings. The number of piperidine rings is 1. The van der Waals surface area contributed by atoms with Crippen LogP contribution in [0.1, 0.15) is 24.3 Å². The Morgan fingerprint density at radius 3 is 2.54 bits per heavy atom. The van der Waals surface area contributed by atoms with E-state index in [9.17, 15) is 23.1 Å². The zero-order chi connectivity index (χ0) is 18.9. The molecular weight excluding hydrogens is 376 g/mol. The van der Waals surface area contributed by atoms with Crippen molar-refractivity contribution in [1.82, 2.24) is 9.21 Å². The molecule has 2 aliphatic heterocycles. The molecule has 0 radical (unpaired) electrons. The van der Waals surface area contributed by atoms with Crippen LogP contribution in [-0.2, 0) is 19.6 Å². The minimum atomic E-state index is -3.26. The van der Waals surface area contributed by atoms with Crippen LogP contribution in [0.3, 0.4) is 0 Å². The zero-order valence-electron chi connectivity index (χ0n) is 14.5. The summed E-state index contributed by atoms with van der Waals surface area (Å²) in [6.45, 7) is 0.261. The Kier molecular flexibility index (Phi) is 5.59. The Labute approximate surface area is 157 Å². The molecule has 1 fully saturated rings. The minimum Gasteiger partial charge on any atom is -0.480 e. The Bertz CT molecular complexity index is 803. The molecule has 26 heavy (non-hydrogen) atoms. The van der Waals surface area contributed by atoms with E-state index >= 15 is 0 Å². The Balaban J connectivity index is 1.77. The van der Waals surface area contributed by atoms with Crippen molar-refractivity contribution >= 4 is 33.7 Å². The van der Waals surface area contributed by atoms with Gasteiger partial charge in [-0.2, -0.15) is 0 Å². The van der Waals surface area contributed by atoms with Crippen molar-refractivity contribution in [2.45, 2.75) is 29.7 Å². The van der Waals surface area contributed by atoms with Crippen molar-refractivity contribution in [1.29, 1.82) is 0 Å². The van der Waals surface area contributed by atoms with Crippen molar-refractivity contribution in [3.8, 4) is 0 Å². The van der Waals surface area contributed by atoms with Gasteiger partial charge in [0.25, 0.3) is 0 Å². The van der Waals surface area contributed by atoms with Gasteiger partial charge in [0.2, 0.25) is 15.9 Å². The monoisotopic (exact) mass is 398 g/mol. The summed E-state index contributed by atoms with van der Waals surface area (Å²) in [6, 6.07) is 7.45. The van der Waals surface area contributed by atoms with Crippen LogP contribution in [-0.4, -0.2) is 72.3 Å². The number of hydrogen-bond acceptors (Lipinski definition) is 5. The first-order valence-electron chi connectivity index (χ1n) is 8.46. The van der Waals surface area contributed by atoms with Gasteiger partial charge in [-0.05, 0) is 24.5 Å². The molecule has 1 atom stereocenters. The number of thioether (sulfide) groups is 1. The lowest BCUT2D eigenvalue weighted by Gasteiger charge is -2.38. The average molecular weight is 399 g/mol. The molecule has 1 saturated heterocycles. The fraction of sp³-hybridized carbons (Fsp3) is 0.529. The molecular formula is C17H22N2O5S2. The van der Waals surface area contributed by atoms with Crippen molar-refractivity contribution < 1.29 is 23.1 Å². The molecule has 2 aliphatic rings. The second-order valence-corrected chi connectivity index (χ2v) is 9.70. The minimum absolute atomic E-state index is 0.178. The van der Waals surface area contributed by atoms with Crippen molar-refractivity contribution in [2.24, 2.45) is 0 Å². The number of amides is 1. The van der Waals surface area contributed by atoms with E-state index < -0.39 is 16.0 Å². The van der Waals surface area contributed by atoms with Gasteiger partial charge in [0.15, 0.2) is 0 Å². The van der Waals surface area contributed by atoms with E-state index in [0.717, 1.165) is 10.5 Å². The fourth-order valence-electron chi connectivity index (χ4n) is 3.59. The number of carbonyl (C=O) groups excluding carboxylic acids is 1. The van der Waals surface area contributed by atoms with Crippen LogP contribution >= 0.6 is 11.8 Å². The lowest BCUT2D eigenvalue weighted by Crippen LogP contribution is -2.51. The summed E-state index contributed by atoms with van der Waals surface area (Å²) in [6.07, 6.45) is 2.07. The number of carboxylic acids is 1. The molecule has 0 bridgehead atoms. The number of nitrogens with zero attached hydrogens (tertiary/aromatic N) is 2. The second kappa shape index (κ2) is 7.58. The highest BCUT2D eigenvalue weighted by Crippen LogP contribution is 2.40. The van der Waals surface area contributed by atoms with Gasteiger partial charge in [0, 0.05) is 29.8 Å². The van der Waals surface area contributed by atoms with Crippen LogP contribution in [0.5, 0.6) is 0 Å². The van der Waals surface area contributed by atoms with Crippen LogP contribution in [0, 0.1) is 0 Å². The molecule has 0 saturated carbocycles. The Morgan fingerprint density at radius 1 is 1.27 bits per heavy atom. The smallest absolute Gasteiger partial charge is 0.323 e. The summed E-state index contributed by atoms with van der Waals surface area (Å²) in [5.41, 5.74) is 0.950. The van der Waals surface area contributed by atoms with E-state index in [-0.39, 0.29) is 24.4 Å². The van der Waals surface area contributed by atoms with E-state index in [1.54, 1.807) is 11.8 Å². The van der Waals surface area contributed by atoms with E-state index in [2.05, 4.69) is 0 Å². The van der Waals surface area contributed by atoms with Gasteiger partial charge in [-0.15, -0.1) is 11.8 Å². The van der Waals surface area contributed by atoms with Crippen molar-refractivity contribution in [3.63, 3.8) is 0 Å². The van der Waals surface area contributed by atoms with E-state index in [1.807, 2.05) is 24.3 Å². The molecule has 1 amide bonds. The quantitative estimate of drug-likeness (QED) is 0.801. The van der Waals surface area contributed by atoms with Crippen LogP contribution in [0.2, 0.25) is 0 Å². The summed E-state index contributed by atoms with van der Waals surface area (Å²) < 4.78 is 24.7. The van der Waals surface area contributed by atoms with Crippen molar-refractivity contribution in [3.05, 3.63) is 29.8 Å². The molecule has 142 valence electrons. The predicted molar refractivity (Wildman–Crippen MR) is 98.7 cm³/mol. The molecule has 3 rings (SSSR count). The van der Waals surface area contributed by atoms with E-state index in [4.69, 9.17) is 0 Å². The Morgan fingerprint density at radius 2 is 1.92 bits per heavy atom. The van der Waals surface area contributed by atoms with Gasteiger partial charge in [0.1, 0.15) is 6.54 Å². The molecule has 9 heteroatoms. The number of carbonyl (C=O) groups is 2. The molecule has 1 unspecified atom stereocenters. The normalized spacial score (nSPS) is 21.3. The topological polar surface area (TPSA) is 95.0 Å². The first-order chi connectivity index (χ1) is 12.3. The number of aliphatic carboxylic acids is 1. The summed E-state index contributed by atoms with van der Waals surface area (Å²) in [4.78, 5) is 27.0. The highest BCUT2D eigenvalue weighted by atomic mass is 32.2. The lowest BCUT2D eigenvalue weighted by molar-refractivity contribution is -0.147. The Hall–Kier alpha value is -1.58. The standard InChI is InChI=1S/C17H22N2O5S2/c1-26(23,24)18-8-6-12(7-9-18)19(10-16(20)21)17(22)14-11-25-15-5-3-2-4-13(14)15/h2-5,12,14H,6-11H2,1H3,(H,20,21). The fourth-order valence-corrected chi connectivity index (χ4v) is 5.68. The maximum atomic E-state index is 13.1. The molecule has 1 aromatic carbocycles. The number of hydrogen-bond donors (Lipinski definition) is 1. The third-order valence-corrected chi connectivity index (χ3v) is 7.41. The van der Waals surface area contributed by atoms with Crippen LogP contribution < -0.4 is 0 Å². The van der Waals surface area contributed by atoms with Gasteiger partial charge in [-0.1, -0.05) is 18.2 Å². The average Bonchev–Trinajstić information content (AvgIpc) is 3.02. The summed E-state index contributed by atoms with van der Waals surface area (Å²) >= 11 is 1.61. The van der Waals surface area contributed by atoms with E-state index in [1.165, 1.54) is 15.5 Å². The largest absolute Gasteiger partial charge is 0.480 e. The summed E-state index contributed by atoms with van der Waals surface area (Å²) in [5, 5.41) is 9.28. The third kappa shape index (κ3) is 4.05. The van der Waals surface area contributed by atoms with Crippen molar-refractivity contribution in [2.75, 3.05) is 31.6 Å². The number of carboxylic acid groups (broad SMARTS) is 1. The van der Waals surface area contributed by atoms with Gasteiger partial charge < -0.3 is 10.0 Å². The molecule has 0 spiro atoms. The molecule has 1 N–H and O–H groups in total. The maximum Gasteiger partial charge on any atom is 0.323 e. The molecule has 7 nitrogen and oxygen atoms in total. The van der Waals surface area contributed by atoms with Crippen LogP contribution in [0.25, 0.3) is 0 Å². The highest BCUT2D eigenvalue weighted by Gasteiger charge is 2.37. The lowest BCUT2D eigenvalue weighted by atomic mass is 9.97. The van der Waals surface area contributed by atoms with Crippen LogP contribution in [0.4, 0.5) is 0 Å². The highest BCUT2D eigenvalue weighted by molar-refractivity contribution is 7.99. The molecule has 2 heterocycles. The third-order valence-electron chi connectivity index (χ3n) is 4.92. The predicted octanol–water partition coefficient (Wildman–Crippen LogP) is 1.21. The zero-order valence-corrected chi connectivity index (χ0v) is 16.1. The molecule has 0 aliphatic carbocycles. The first kappa shape index (κ1) is 19.2.